The van der Waals surface area contributed by atoms with E-state index in [1.807, 2.05) is 13.0 Å². The molecule has 0 radical (unpaired) electrons. The molecular formula is C15H17NO4. The van der Waals surface area contributed by atoms with Gasteiger partial charge in [-0.3, -0.25) is 0 Å². The third kappa shape index (κ3) is 3.39. The van der Waals surface area contributed by atoms with E-state index in [4.69, 9.17) is 19.3 Å². The van der Waals surface area contributed by atoms with Crippen LogP contribution in [0.1, 0.15) is 12.5 Å². The van der Waals surface area contributed by atoms with Gasteiger partial charge < -0.3 is 19.3 Å². The summed E-state index contributed by atoms with van der Waals surface area (Å²) in [5.41, 5.74) is 0.755. The van der Waals surface area contributed by atoms with Crippen LogP contribution in [0.4, 0.5) is 0 Å². The van der Waals surface area contributed by atoms with E-state index in [0.717, 1.165) is 5.56 Å². The fourth-order valence-corrected chi connectivity index (χ4v) is 1.69. The van der Waals surface area contributed by atoms with E-state index in [0.29, 0.717) is 29.9 Å². The molecule has 0 saturated carbocycles. The molecule has 0 aliphatic carbocycles. The second-order valence-electron chi connectivity index (χ2n) is 3.99. The molecule has 0 spiro atoms. The van der Waals surface area contributed by atoms with Gasteiger partial charge in [-0.1, -0.05) is 12.1 Å². The Morgan fingerprint density at radius 1 is 1.10 bits per heavy atom. The van der Waals surface area contributed by atoms with Crippen LogP contribution in [0.3, 0.4) is 0 Å². The standard InChI is InChI=1S/C15H17NO4/c1-3-19-14-5-4-6-15(16-14)20-12-8-7-11(10-17)9-13(12)18-2/h4-9,17H,3,10H2,1-2H3. The third-order valence-corrected chi connectivity index (χ3v) is 2.62. The normalized spacial score (nSPS) is 10.2. The first-order valence-electron chi connectivity index (χ1n) is 6.32. The summed E-state index contributed by atoms with van der Waals surface area (Å²) in [4.78, 5) is 4.23. The highest BCUT2D eigenvalue weighted by Gasteiger charge is 2.08. The van der Waals surface area contributed by atoms with Crippen LogP contribution in [0.15, 0.2) is 36.4 Å². The Morgan fingerprint density at radius 2 is 1.90 bits per heavy atom. The molecule has 0 unspecified atom stereocenters. The summed E-state index contributed by atoms with van der Waals surface area (Å²) < 4.78 is 16.3. The van der Waals surface area contributed by atoms with Crippen molar-refractivity contribution in [2.24, 2.45) is 0 Å². The highest BCUT2D eigenvalue weighted by Crippen LogP contribution is 2.32. The minimum atomic E-state index is -0.0469. The molecule has 0 fully saturated rings. The van der Waals surface area contributed by atoms with Crippen molar-refractivity contribution >= 4 is 0 Å². The number of hydrogen-bond acceptors (Lipinski definition) is 5. The molecule has 2 aromatic rings. The monoisotopic (exact) mass is 275 g/mol. The van der Waals surface area contributed by atoms with Crippen molar-refractivity contribution in [1.82, 2.24) is 4.98 Å². The molecule has 1 heterocycles. The number of nitrogens with zero attached hydrogens (tertiary/aromatic N) is 1. The summed E-state index contributed by atoms with van der Waals surface area (Å²) in [5.74, 6) is 2.01. The first-order chi connectivity index (χ1) is 9.76. The van der Waals surface area contributed by atoms with Crippen molar-refractivity contribution in [3.63, 3.8) is 0 Å². The lowest BCUT2D eigenvalue weighted by Crippen LogP contribution is -1.97. The summed E-state index contributed by atoms with van der Waals surface area (Å²) in [7, 11) is 1.55. The van der Waals surface area contributed by atoms with Gasteiger partial charge in [0.25, 0.3) is 0 Å². The van der Waals surface area contributed by atoms with Crippen molar-refractivity contribution in [2.75, 3.05) is 13.7 Å². The van der Waals surface area contributed by atoms with Crippen molar-refractivity contribution in [3.05, 3.63) is 42.0 Å². The highest BCUT2D eigenvalue weighted by molar-refractivity contribution is 5.44. The fraction of sp³-hybridized carbons (Fsp3) is 0.267. The van der Waals surface area contributed by atoms with E-state index >= 15 is 0 Å². The van der Waals surface area contributed by atoms with Gasteiger partial charge in [-0.25, -0.2) is 0 Å². The van der Waals surface area contributed by atoms with Crippen LogP contribution < -0.4 is 14.2 Å². The largest absolute Gasteiger partial charge is 0.493 e. The molecule has 1 aromatic heterocycles. The molecule has 1 N–H and O–H groups in total. The van der Waals surface area contributed by atoms with E-state index < -0.39 is 0 Å². The van der Waals surface area contributed by atoms with Gasteiger partial charge in [0.15, 0.2) is 11.5 Å². The highest BCUT2D eigenvalue weighted by atomic mass is 16.5. The van der Waals surface area contributed by atoms with E-state index in [-0.39, 0.29) is 6.61 Å². The number of aliphatic hydroxyl groups is 1. The van der Waals surface area contributed by atoms with Crippen LogP contribution in [0, 0.1) is 0 Å². The fourth-order valence-electron chi connectivity index (χ4n) is 1.69. The van der Waals surface area contributed by atoms with Gasteiger partial charge in [-0.05, 0) is 24.6 Å². The van der Waals surface area contributed by atoms with Crippen LogP contribution in [0.5, 0.6) is 23.3 Å². The lowest BCUT2D eigenvalue weighted by atomic mass is 10.2. The van der Waals surface area contributed by atoms with Gasteiger partial charge in [0.2, 0.25) is 11.8 Å². The van der Waals surface area contributed by atoms with Gasteiger partial charge in [0.05, 0.1) is 20.3 Å². The summed E-state index contributed by atoms with van der Waals surface area (Å²) >= 11 is 0. The number of benzene rings is 1. The molecule has 0 atom stereocenters. The SMILES string of the molecule is CCOc1cccc(Oc2ccc(CO)cc2OC)n1. The summed E-state index contributed by atoms with van der Waals surface area (Å²) in [6.07, 6.45) is 0. The third-order valence-electron chi connectivity index (χ3n) is 2.62. The van der Waals surface area contributed by atoms with Gasteiger partial charge in [-0.2, -0.15) is 4.98 Å². The Morgan fingerprint density at radius 3 is 2.60 bits per heavy atom. The molecule has 0 aliphatic rings. The molecule has 20 heavy (non-hydrogen) atoms. The van der Waals surface area contributed by atoms with Crippen LogP contribution >= 0.6 is 0 Å². The first-order valence-corrected chi connectivity index (χ1v) is 6.32. The maximum absolute atomic E-state index is 9.11. The Balaban J connectivity index is 2.22. The van der Waals surface area contributed by atoms with E-state index in [9.17, 15) is 0 Å². The quantitative estimate of drug-likeness (QED) is 0.878. The molecule has 5 heteroatoms. The number of rotatable bonds is 6. The van der Waals surface area contributed by atoms with E-state index in [1.54, 1.807) is 37.4 Å². The van der Waals surface area contributed by atoms with Gasteiger partial charge in [-0.15, -0.1) is 0 Å². The van der Waals surface area contributed by atoms with Gasteiger partial charge in [0.1, 0.15) is 0 Å². The molecule has 0 aliphatic heterocycles. The summed E-state index contributed by atoms with van der Waals surface area (Å²) in [5, 5.41) is 9.11. The summed E-state index contributed by atoms with van der Waals surface area (Å²) in [6, 6.07) is 10.5. The Bertz CT molecular complexity index is 572. The smallest absolute Gasteiger partial charge is 0.222 e. The Hall–Kier alpha value is -2.27. The number of methoxy groups -OCH3 is 1. The van der Waals surface area contributed by atoms with E-state index in [2.05, 4.69) is 4.98 Å². The maximum Gasteiger partial charge on any atom is 0.222 e. The molecule has 2 rings (SSSR count). The number of aromatic nitrogens is 1. The predicted molar refractivity (Wildman–Crippen MR) is 74.4 cm³/mol. The second kappa shape index (κ2) is 6.77. The zero-order chi connectivity index (χ0) is 14.4. The lowest BCUT2D eigenvalue weighted by molar-refractivity contribution is 0.280. The Kier molecular flexibility index (Phi) is 4.79. The van der Waals surface area contributed by atoms with Gasteiger partial charge >= 0.3 is 0 Å². The minimum absolute atomic E-state index is 0.0469. The number of pyridine rings is 1. The van der Waals surface area contributed by atoms with Crippen molar-refractivity contribution in [1.29, 1.82) is 0 Å². The van der Waals surface area contributed by atoms with Crippen LogP contribution in [0.2, 0.25) is 0 Å². The number of aliphatic hydroxyl groups excluding tert-OH is 1. The molecule has 1 aromatic carbocycles. The average Bonchev–Trinajstić information content (AvgIpc) is 2.48. The zero-order valence-corrected chi connectivity index (χ0v) is 11.5. The minimum Gasteiger partial charge on any atom is -0.493 e. The van der Waals surface area contributed by atoms with E-state index in [1.165, 1.54) is 0 Å². The first kappa shape index (κ1) is 14.1. The molecule has 0 saturated heterocycles. The molecule has 5 nitrogen and oxygen atoms in total. The Labute approximate surface area is 117 Å². The molecular weight excluding hydrogens is 258 g/mol. The van der Waals surface area contributed by atoms with Crippen LogP contribution in [-0.4, -0.2) is 23.8 Å². The van der Waals surface area contributed by atoms with Crippen LogP contribution in [0.25, 0.3) is 0 Å². The zero-order valence-electron chi connectivity index (χ0n) is 11.5. The van der Waals surface area contributed by atoms with Crippen LogP contribution in [-0.2, 0) is 6.61 Å². The van der Waals surface area contributed by atoms with Gasteiger partial charge in [0, 0.05) is 12.1 Å². The van der Waals surface area contributed by atoms with Crippen molar-refractivity contribution in [2.45, 2.75) is 13.5 Å². The molecule has 0 bridgehead atoms. The van der Waals surface area contributed by atoms with Crippen molar-refractivity contribution in [3.8, 4) is 23.3 Å². The summed E-state index contributed by atoms with van der Waals surface area (Å²) in [6.45, 7) is 2.39. The number of ether oxygens (including phenoxy) is 3. The number of hydrogen-bond donors (Lipinski definition) is 1. The molecule has 106 valence electrons. The predicted octanol–water partition coefficient (Wildman–Crippen LogP) is 2.77. The maximum atomic E-state index is 9.11. The average molecular weight is 275 g/mol. The topological polar surface area (TPSA) is 60.8 Å². The lowest BCUT2D eigenvalue weighted by Gasteiger charge is -2.11. The van der Waals surface area contributed by atoms with Crippen molar-refractivity contribution < 1.29 is 19.3 Å². The molecule has 0 amide bonds. The second-order valence-corrected chi connectivity index (χ2v) is 3.99.